The second kappa shape index (κ2) is 4.72. The number of fused-ring (bicyclic) bond motifs is 1. The number of aliphatic carboxylic acids is 1. The Morgan fingerprint density at radius 3 is 2.67 bits per heavy atom. The van der Waals surface area contributed by atoms with Crippen molar-refractivity contribution in [3.05, 3.63) is 29.8 Å². The van der Waals surface area contributed by atoms with Crippen LogP contribution >= 0.6 is 7.60 Å². The van der Waals surface area contributed by atoms with Gasteiger partial charge in [0.2, 0.25) is 0 Å². The highest BCUT2D eigenvalue weighted by Crippen LogP contribution is 2.45. The molecular weight excluding hydrogens is 257 g/mol. The molecule has 0 unspecified atom stereocenters. The fraction of sp³-hybridized carbons (Fsp3) is 0.364. The number of para-hydroxylation sites is 1. The van der Waals surface area contributed by atoms with Gasteiger partial charge in [-0.15, -0.1) is 0 Å². The summed E-state index contributed by atoms with van der Waals surface area (Å²) in [6.07, 6.45) is -0.146. The number of carboxylic acid groups (broad SMARTS) is 1. The highest BCUT2D eigenvalue weighted by molar-refractivity contribution is 7.51. The van der Waals surface area contributed by atoms with Crippen molar-refractivity contribution in [3.8, 4) is 0 Å². The fourth-order valence-electron chi connectivity index (χ4n) is 2.27. The third kappa shape index (κ3) is 2.90. The van der Waals surface area contributed by atoms with Crippen molar-refractivity contribution in [2.45, 2.75) is 18.4 Å². The zero-order valence-corrected chi connectivity index (χ0v) is 10.4. The molecule has 98 valence electrons. The average molecular weight is 271 g/mol. The summed E-state index contributed by atoms with van der Waals surface area (Å²) in [6, 6.07) is 6.20. The van der Waals surface area contributed by atoms with Crippen LogP contribution in [0.1, 0.15) is 17.9 Å². The van der Waals surface area contributed by atoms with Crippen molar-refractivity contribution >= 4 is 19.3 Å². The lowest BCUT2D eigenvalue weighted by Gasteiger charge is -2.31. The maximum absolute atomic E-state index is 11.1. The summed E-state index contributed by atoms with van der Waals surface area (Å²) in [5.74, 6) is -1.45. The molecule has 1 heterocycles. The predicted octanol–water partition coefficient (Wildman–Crippen LogP) is 1.22. The maximum Gasteiger partial charge on any atom is 0.326 e. The molecule has 0 aromatic heterocycles. The van der Waals surface area contributed by atoms with Gasteiger partial charge in [-0.05, 0) is 24.0 Å². The molecule has 1 aromatic carbocycles. The number of nitrogens with one attached hydrogen (secondary N) is 1. The SMILES string of the molecule is O=C(O)[C@@H]1C[C@H](CP(=O)(O)O)c2ccccc2N1. The highest BCUT2D eigenvalue weighted by Gasteiger charge is 2.33. The Morgan fingerprint density at radius 1 is 1.39 bits per heavy atom. The van der Waals surface area contributed by atoms with Crippen molar-refractivity contribution in [1.82, 2.24) is 0 Å². The molecule has 1 aliphatic heterocycles. The molecule has 0 amide bonds. The lowest BCUT2D eigenvalue weighted by molar-refractivity contribution is -0.138. The van der Waals surface area contributed by atoms with E-state index >= 15 is 0 Å². The fourth-order valence-corrected chi connectivity index (χ4v) is 3.19. The van der Waals surface area contributed by atoms with Crippen LogP contribution in [0.5, 0.6) is 0 Å². The van der Waals surface area contributed by atoms with Crippen LogP contribution < -0.4 is 5.32 Å². The normalized spacial score (nSPS) is 23.0. The van der Waals surface area contributed by atoms with Crippen molar-refractivity contribution in [3.63, 3.8) is 0 Å². The molecule has 0 saturated carbocycles. The lowest BCUT2D eigenvalue weighted by atomic mass is 9.88. The minimum absolute atomic E-state index is 0.178. The zero-order valence-electron chi connectivity index (χ0n) is 9.48. The number of hydrogen-bond donors (Lipinski definition) is 4. The number of carbonyl (C=O) groups is 1. The molecule has 18 heavy (non-hydrogen) atoms. The molecule has 1 aromatic rings. The number of anilines is 1. The first-order chi connectivity index (χ1) is 8.37. The number of rotatable bonds is 3. The third-order valence-electron chi connectivity index (χ3n) is 3.01. The van der Waals surface area contributed by atoms with E-state index in [9.17, 15) is 9.36 Å². The molecule has 4 N–H and O–H groups in total. The summed E-state index contributed by atoms with van der Waals surface area (Å²) >= 11 is 0. The quantitative estimate of drug-likeness (QED) is 0.616. The summed E-state index contributed by atoms with van der Waals surface area (Å²) in [5.41, 5.74) is 1.40. The Labute approximate surface area is 104 Å². The molecule has 0 aliphatic carbocycles. The standard InChI is InChI=1S/C11H14NO5P/c13-11(14)10-5-7(6-18(15,16)17)8-3-1-2-4-9(8)12-10/h1-4,7,10,12H,5-6H2,(H,13,14)(H2,15,16,17)/t7-,10+/m1/s1. The average Bonchev–Trinajstić information content (AvgIpc) is 2.26. The lowest BCUT2D eigenvalue weighted by Crippen LogP contribution is -2.35. The van der Waals surface area contributed by atoms with Gasteiger partial charge in [0.15, 0.2) is 0 Å². The Bertz CT molecular complexity index is 512. The molecule has 0 bridgehead atoms. The largest absolute Gasteiger partial charge is 0.480 e. The van der Waals surface area contributed by atoms with Gasteiger partial charge in [0.25, 0.3) is 0 Å². The molecular formula is C11H14NO5P. The van der Waals surface area contributed by atoms with Gasteiger partial charge in [-0.25, -0.2) is 4.79 Å². The molecule has 2 atom stereocenters. The van der Waals surface area contributed by atoms with E-state index in [-0.39, 0.29) is 12.6 Å². The van der Waals surface area contributed by atoms with E-state index in [0.29, 0.717) is 5.69 Å². The minimum atomic E-state index is -4.17. The van der Waals surface area contributed by atoms with Crippen LogP contribution in [0.4, 0.5) is 5.69 Å². The first kappa shape index (κ1) is 13.1. The second-order valence-electron chi connectivity index (χ2n) is 4.40. The van der Waals surface area contributed by atoms with Crippen LogP contribution in [0.25, 0.3) is 0 Å². The first-order valence-electron chi connectivity index (χ1n) is 5.49. The van der Waals surface area contributed by atoms with Crippen molar-refractivity contribution in [2.24, 2.45) is 0 Å². The Morgan fingerprint density at radius 2 is 2.06 bits per heavy atom. The van der Waals surface area contributed by atoms with Crippen LogP contribution in [0, 0.1) is 0 Å². The van der Waals surface area contributed by atoms with E-state index < -0.39 is 25.5 Å². The van der Waals surface area contributed by atoms with Gasteiger partial charge in [-0.2, -0.15) is 0 Å². The molecule has 1 aliphatic rings. The van der Waals surface area contributed by atoms with Crippen LogP contribution in [0.2, 0.25) is 0 Å². The number of benzene rings is 1. The summed E-state index contributed by atoms with van der Waals surface area (Å²) in [4.78, 5) is 29.1. The van der Waals surface area contributed by atoms with Gasteiger partial charge in [0.1, 0.15) is 6.04 Å². The van der Waals surface area contributed by atoms with Gasteiger partial charge < -0.3 is 20.2 Å². The Balaban J connectivity index is 2.33. The Kier molecular flexibility index (Phi) is 3.43. The summed E-state index contributed by atoms with van der Waals surface area (Å²) in [5, 5.41) is 11.9. The minimum Gasteiger partial charge on any atom is -0.480 e. The van der Waals surface area contributed by atoms with Gasteiger partial charge >= 0.3 is 13.6 Å². The maximum atomic E-state index is 11.1. The van der Waals surface area contributed by atoms with Gasteiger partial charge in [-0.1, -0.05) is 18.2 Å². The monoisotopic (exact) mass is 271 g/mol. The van der Waals surface area contributed by atoms with Crippen LogP contribution in [0.15, 0.2) is 24.3 Å². The molecule has 0 spiro atoms. The van der Waals surface area contributed by atoms with E-state index in [1.807, 2.05) is 0 Å². The third-order valence-corrected chi connectivity index (χ3v) is 3.92. The predicted molar refractivity (Wildman–Crippen MR) is 65.8 cm³/mol. The van der Waals surface area contributed by atoms with Crippen LogP contribution in [-0.4, -0.2) is 33.1 Å². The van der Waals surface area contributed by atoms with Gasteiger partial charge in [-0.3, -0.25) is 4.57 Å². The molecule has 2 rings (SSSR count). The van der Waals surface area contributed by atoms with Crippen LogP contribution in [-0.2, 0) is 9.36 Å². The molecule has 6 nitrogen and oxygen atoms in total. The summed E-state index contributed by atoms with van der Waals surface area (Å²) in [6.45, 7) is 0. The first-order valence-corrected chi connectivity index (χ1v) is 7.29. The second-order valence-corrected chi connectivity index (χ2v) is 6.10. The summed E-state index contributed by atoms with van der Waals surface area (Å²) < 4.78 is 11.1. The van der Waals surface area contributed by atoms with Crippen molar-refractivity contribution in [2.75, 3.05) is 11.5 Å². The molecule has 0 fully saturated rings. The Hall–Kier alpha value is -1.36. The number of carboxylic acids is 1. The van der Waals surface area contributed by atoms with Gasteiger partial charge in [0.05, 0.1) is 6.16 Å². The van der Waals surface area contributed by atoms with Crippen molar-refractivity contribution in [1.29, 1.82) is 0 Å². The highest BCUT2D eigenvalue weighted by atomic mass is 31.2. The van der Waals surface area contributed by atoms with Gasteiger partial charge in [0, 0.05) is 5.69 Å². The zero-order chi connectivity index (χ0) is 13.3. The smallest absolute Gasteiger partial charge is 0.326 e. The summed E-state index contributed by atoms with van der Waals surface area (Å²) in [7, 11) is -4.17. The molecule has 0 saturated heterocycles. The van der Waals surface area contributed by atoms with E-state index in [0.717, 1.165) is 5.56 Å². The van der Waals surface area contributed by atoms with E-state index in [1.54, 1.807) is 24.3 Å². The van der Waals surface area contributed by atoms with E-state index in [2.05, 4.69) is 5.32 Å². The van der Waals surface area contributed by atoms with Crippen molar-refractivity contribution < 1.29 is 24.3 Å². The van der Waals surface area contributed by atoms with E-state index in [4.69, 9.17) is 14.9 Å². The topological polar surface area (TPSA) is 107 Å². The van der Waals surface area contributed by atoms with Crippen LogP contribution in [0.3, 0.4) is 0 Å². The molecule has 7 heteroatoms. The number of hydrogen-bond acceptors (Lipinski definition) is 3. The van der Waals surface area contributed by atoms with E-state index in [1.165, 1.54) is 0 Å². The molecule has 0 radical (unpaired) electrons.